The summed E-state index contributed by atoms with van der Waals surface area (Å²) in [5, 5.41) is 29.9. The number of thiazole rings is 1. The molecule has 5 N–H and O–H groups in total. The Balaban J connectivity index is 0.00000900. The second-order valence-electron chi connectivity index (χ2n) is 23.0. The van der Waals surface area contributed by atoms with Crippen molar-refractivity contribution >= 4 is 46.0 Å². The van der Waals surface area contributed by atoms with Crippen molar-refractivity contribution in [2.45, 2.75) is 155 Å². The monoisotopic (exact) mass is 1180 g/mol. The number of likely N-dealkylation sites (tertiary alicyclic amines) is 1. The van der Waals surface area contributed by atoms with Crippen LogP contribution in [-0.4, -0.2) is 84.0 Å². The molecule has 14 nitrogen and oxygen atoms in total. The van der Waals surface area contributed by atoms with Crippen molar-refractivity contribution < 1.29 is 40.8 Å². The molecule has 438 valence electrons. The van der Waals surface area contributed by atoms with Gasteiger partial charge in [0.15, 0.2) is 0 Å². The summed E-state index contributed by atoms with van der Waals surface area (Å²) in [6.07, 6.45) is 13.1. The first-order valence-electron chi connectivity index (χ1n) is 29.2. The van der Waals surface area contributed by atoms with Crippen LogP contribution in [0.5, 0.6) is 0 Å². The molecule has 4 amide bonds. The Morgan fingerprint density at radius 2 is 1.49 bits per heavy atom. The Kier molecular flexibility index (Phi) is 21.9. The number of hydrogen-bond donors (Lipinski definition) is 5. The second kappa shape index (κ2) is 29.4. The maximum absolute atomic E-state index is 14.0. The van der Waals surface area contributed by atoms with Crippen LogP contribution in [0.1, 0.15) is 139 Å². The summed E-state index contributed by atoms with van der Waals surface area (Å²) in [6.45, 7) is 9.56. The van der Waals surface area contributed by atoms with Gasteiger partial charge in [-0.2, -0.15) is 0 Å². The minimum absolute atomic E-state index is 0. The molecule has 83 heavy (non-hydrogen) atoms. The average Bonchev–Trinajstić information content (AvgIpc) is 2.23. The SMILES string of the molecule is Cc1ncsc1-c1ccc(CNC(=O)[C@@H]2C[CH-]CN2C(=O)[C@@H](NC(=O)CCCCCCNC(=O)CCCCC#Cc2cccc(Cn3c(-c4ccccc4)c(-c4ccccc4)c4c(=N)n(C5CCC(O)CC5)cnc43)c2)C(C)(C)C)cc1.[Ni]. The van der Waals surface area contributed by atoms with E-state index in [1.807, 2.05) is 123 Å². The minimum Gasteiger partial charge on any atom is -0.393 e. The molecular formula is C67H78N9NiO5S-. The fourth-order valence-corrected chi connectivity index (χ4v) is 12.1. The second-order valence-corrected chi connectivity index (χ2v) is 23.9. The molecule has 1 aliphatic carbocycles. The Morgan fingerprint density at radius 3 is 2.20 bits per heavy atom. The van der Waals surface area contributed by atoms with Crippen molar-refractivity contribution in [2.24, 2.45) is 5.41 Å². The average molecular weight is 1180 g/mol. The molecule has 2 fully saturated rings. The van der Waals surface area contributed by atoms with Crippen LogP contribution >= 0.6 is 11.3 Å². The van der Waals surface area contributed by atoms with Gasteiger partial charge in [-0.25, -0.2) is 9.97 Å². The van der Waals surface area contributed by atoms with Gasteiger partial charge in [-0.05, 0) is 104 Å². The van der Waals surface area contributed by atoms with Gasteiger partial charge in [-0.15, -0.1) is 24.3 Å². The Bertz CT molecular complexity index is 3440. The Labute approximate surface area is 502 Å². The minimum atomic E-state index is -0.785. The predicted octanol–water partition coefficient (Wildman–Crippen LogP) is 11.2. The van der Waals surface area contributed by atoms with Gasteiger partial charge in [0.05, 0.1) is 45.6 Å². The van der Waals surface area contributed by atoms with Crippen LogP contribution in [0.25, 0.3) is 43.9 Å². The normalized spacial score (nSPS) is 16.3. The molecule has 1 saturated heterocycles. The van der Waals surface area contributed by atoms with Crippen LogP contribution in [0, 0.1) is 36.0 Å². The number of nitrogens with zero attached hydrogens (tertiary/aromatic N) is 5. The van der Waals surface area contributed by atoms with Crippen LogP contribution < -0.4 is 21.4 Å². The van der Waals surface area contributed by atoms with E-state index in [0.29, 0.717) is 57.4 Å². The van der Waals surface area contributed by atoms with Crippen molar-refractivity contribution in [3.05, 3.63) is 155 Å². The van der Waals surface area contributed by atoms with E-state index in [4.69, 9.17) is 4.98 Å². The molecule has 9 rings (SSSR count). The molecule has 1 aliphatic heterocycles. The smallest absolute Gasteiger partial charge is 0.243 e. The molecule has 2 atom stereocenters. The summed E-state index contributed by atoms with van der Waals surface area (Å²) in [5.41, 5.74) is 11.5. The van der Waals surface area contributed by atoms with E-state index in [2.05, 4.69) is 73.7 Å². The number of fused-ring (bicyclic) bond motifs is 1. The van der Waals surface area contributed by atoms with Crippen LogP contribution in [0.2, 0.25) is 0 Å². The topological polar surface area (TPSA) is 187 Å². The number of amides is 4. The number of aliphatic hydroxyl groups excluding tert-OH is 1. The van der Waals surface area contributed by atoms with Crippen molar-refractivity contribution in [3.63, 3.8) is 0 Å². The van der Waals surface area contributed by atoms with Gasteiger partial charge < -0.3 is 41.5 Å². The molecule has 3 aromatic heterocycles. The van der Waals surface area contributed by atoms with Gasteiger partial charge in [0, 0.05) is 72.6 Å². The summed E-state index contributed by atoms with van der Waals surface area (Å²) >= 11 is 1.60. The van der Waals surface area contributed by atoms with Crippen molar-refractivity contribution in [3.8, 4) is 44.7 Å². The molecule has 0 unspecified atom stereocenters. The van der Waals surface area contributed by atoms with Gasteiger partial charge >= 0.3 is 0 Å². The molecular weight excluding hydrogens is 1100 g/mol. The van der Waals surface area contributed by atoms with E-state index < -0.39 is 17.5 Å². The summed E-state index contributed by atoms with van der Waals surface area (Å²) < 4.78 is 4.26. The number of nitrogens with one attached hydrogen (secondary N) is 4. The fourth-order valence-electron chi connectivity index (χ4n) is 11.3. The predicted molar refractivity (Wildman–Crippen MR) is 325 cm³/mol. The third kappa shape index (κ3) is 15.9. The van der Waals surface area contributed by atoms with Crippen molar-refractivity contribution in [1.82, 2.24) is 40.0 Å². The third-order valence-electron chi connectivity index (χ3n) is 15.8. The summed E-state index contributed by atoms with van der Waals surface area (Å²) in [5.74, 6) is 6.06. The third-order valence-corrected chi connectivity index (χ3v) is 16.8. The van der Waals surface area contributed by atoms with E-state index in [-0.39, 0.29) is 58.7 Å². The van der Waals surface area contributed by atoms with E-state index in [1.165, 1.54) is 0 Å². The molecule has 0 spiro atoms. The van der Waals surface area contributed by atoms with Crippen molar-refractivity contribution in [1.29, 1.82) is 5.41 Å². The fraction of sp³-hybridized carbons (Fsp3) is 0.403. The zero-order valence-corrected chi connectivity index (χ0v) is 50.0. The van der Waals surface area contributed by atoms with Gasteiger partial charge in [-0.3, -0.25) is 24.6 Å². The van der Waals surface area contributed by atoms with Gasteiger partial charge in [0.1, 0.15) is 17.2 Å². The molecule has 1 saturated carbocycles. The van der Waals surface area contributed by atoms with Gasteiger partial charge in [0.25, 0.3) is 0 Å². The number of carbonyl (C=O) groups is 4. The molecule has 0 bridgehead atoms. The first kappa shape index (κ1) is 61.9. The molecule has 2 aliphatic rings. The van der Waals surface area contributed by atoms with Crippen LogP contribution in [0.4, 0.5) is 0 Å². The first-order chi connectivity index (χ1) is 39.7. The molecule has 4 heterocycles. The number of hydrogen-bond acceptors (Lipinski definition) is 9. The van der Waals surface area contributed by atoms with Crippen molar-refractivity contribution in [2.75, 3.05) is 13.1 Å². The largest absolute Gasteiger partial charge is 0.393 e. The Morgan fingerprint density at radius 1 is 0.795 bits per heavy atom. The first-order valence-corrected chi connectivity index (χ1v) is 30.1. The summed E-state index contributed by atoms with van der Waals surface area (Å²) in [7, 11) is 0. The molecule has 0 radical (unpaired) electrons. The molecule has 16 heteroatoms. The maximum atomic E-state index is 14.0. The van der Waals surface area contributed by atoms with Crippen LogP contribution in [0.3, 0.4) is 0 Å². The number of aromatic nitrogens is 4. The van der Waals surface area contributed by atoms with Gasteiger partial charge in [0.2, 0.25) is 23.6 Å². The van der Waals surface area contributed by atoms with E-state index >= 15 is 0 Å². The molecule has 7 aromatic rings. The number of rotatable bonds is 22. The molecule has 4 aromatic carbocycles. The number of aliphatic hydroxyl groups is 1. The zero-order chi connectivity index (χ0) is 57.6. The number of carbonyl (C=O) groups excluding carboxylic acids is 4. The van der Waals surface area contributed by atoms with Crippen LogP contribution in [0.15, 0.2) is 121 Å². The summed E-state index contributed by atoms with van der Waals surface area (Å²) in [6, 6.07) is 35.7. The standard InChI is InChI=1S/C67H78N9O5S.Ni/c1-46-61(82-45-72-46)52-33-31-48(32-34-52)42-70-65(80)55-28-20-40-74(55)66(81)62(67(2,3)4)73-57(79)30-17-7-8-18-39-69-56(78)29-16-6-5-11-21-47-22-19-23-49(41-47)43-75-60(51-26-14-10-15-27-51)58(50-24-12-9-13-25-50)59-63(68)76(44-71-64(59)75)53-35-37-54(77)38-36-53;/h9-10,12-15,19-20,22-27,31-34,41,44-45,53-55,62,68,77H,5-8,16-18,28-30,35-40,42-43H2,1-4H3,(H,69,78)(H,70,80)(H,73,79);/q-1;/t53?,54?,55-,62+;/m0./s1. The quantitative estimate of drug-likeness (QED) is 0.0193. The zero-order valence-electron chi connectivity index (χ0n) is 48.2. The van der Waals surface area contributed by atoms with E-state index in [0.717, 1.165) is 124 Å². The maximum Gasteiger partial charge on any atom is 0.243 e. The number of aryl methyl sites for hydroxylation is 1. The Hall–Kier alpha value is -7.18. The van der Waals surface area contributed by atoms with Gasteiger partial charge in [-0.1, -0.05) is 143 Å². The van der Waals surface area contributed by atoms with Crippen LogP contribution in [-0.2, 0) is 48.8 Å². The summed E-state index contributed by atoms with van der Waals surface area (Å²) in [4.78, 5) is 65.6. The number of benzene rings is 4. The number of unbranched alkanes of at least 4 members (excludes halogenated alkanes) is 5. The van der Waals surface area contributed by atoms with E-state index in [1.54, 1.807) is 16.2 Å². The van der Waals surface area contributed by atoms with E-state index in [9.17, 15) is 29.7 Å².